The van der Waals surface area contributed by atoms with Gasteiger partial charge in [0.15, 0.2) is 0 Å². The van der Waals surface area contributed by atoms with Crippen molar-refractivity contribution < 1.29 is 4.79 Å². The summed E-state index contributed by atoms with van der Waals surface area (Å²) in [4.78, 5) is 21.8. The van der Waals surface area contributed by atoms with Crippen LogP contribution in [0, 0.1) is 5.92 Å². The predicted octanol–water partition coefficient (Wildman–Crippen LogP) is 3.37. The Hall–Kier alpha value is -2.28. The summed E-state index contributed by atoms with van der Waals surface area (Å²) >= 11 is 1.63. The molecule has 6 nitrogen and oxygen atoms in total. The molecule has 0 atom stereocenters. The van der Waals surface area contributed by atoms with Crippen LogP contribution in [0.1, 0.15) is 32.1 Å². The van der Waals surface area contributed by atoms with Crippen LogP contribution in [0.4, 0.5) is 5.95 Å². The van der Waals surface area contributed by atoms with E-state index in [0.29, 0.717) is 24.1 Å². The molecule has 1 aliphatic carbocycles. The number of aromatic nitrogens is 4. The summed E-state index contributed by atoms with van der Waals surface area (Å²) in [7, 11) is 0. The minimum Gasteiger partial charge on any atom is -0.293 e. The summed E-state index contributed by atoms with van der Waals surface area (Å²) in [5.74, 6) is 1.31. The van der Waals surface area contributed by atoms with Gasteiger partial charge in [-0.25, -0.2) is 4.98 Å². The fourth-order valence-corrected chi connectivity index (χ4v) is 3.85. The maximum Gasteiger partial charge on any atom is 0.254 e. The Balaban J connectivity index is 1.57. The number of amides is 1. The number of carbonyl (C=O) groups is 1. The number of nitrogens with one attached hydrogen (secondary N) is 1. The van der Waals surface area contributed by atoms with Gasteiger partial charge < -0.3 is 0 Å². The van der Waals surface area contributed by atoms with Gasteiger partial charge in [0, 0.05) is 12.6 Å². The summed E-state index contributed by atoms with van der Waals surface area (Å²) in [6.07, 6.45) is 7.04. The molecule has 118 valence electrons. The number of rotatable bonds is 4. The third-order valence-corrected chi connectivity index (χ3v) is 5.11. The molecule has 0 aromatic carbocycles. The van der Waals surface area contributed by atoms with Gasteiger partial charge in [-0.2, -0.15) is 9.50 Å². The van der Waals surface area contributed by atoms with Crippen molar-refractivity contribution in [3.05, 3.63) is 29.8 Å². The van der Waals surface area contributed by atoms with Gasteiger partial charge in [-0.1, -0.05) is 18.9 Å². The van der Waals surface area contributed by atoms with Crippen molar-refractivity contribution in [2.24, 2.45) is 5.92 Å². The smallest absolute Gasteiger partial charge is 0.254 e. The van der Waals surface area contributed by atoms with Gasteiger partial charge in [-0.05, 0) is 36.3 Å². The Labute approximate surface area is 137 Å². The van der Waals surface area contributed by atoms with Crippen molar-refractivity contribution in [1.82, 2.24) is 19.6 Å². The van der Waals surface area contributed by atoms with E-state index in [9.17, 15) is 4.79 Å². The van der Waals surface area contributed by atoms with E-state index in [1.165, 1.54) is 12.8 Å². The maximum absolute atomic E-state index is 12.1. The summed E-state index contributed by atoms with van der Waals surface area (Å²) in [5.41, 5.74) is 0.925. The van der Waals surface area contributed by atoms with E-state index < -0.39 is 0 Å². The standard InChI is InChI=1S/C16H17N5OS/c22-14(10-11-4-1-2-5-11)18-15-19-16-17-8-7-12(21(16)20-15)13-6-3-9-23-13/h3,6-9,11H,1-2,4-5,10H2,(H,18,20,22). The highest BCUT2D eigenvalue weighted by molar-refractivity contribution is 7.13. The third-order valence-electron chi connectivity index (χ3n) is 4.21. The average Bonchev–Trinajstić information content (AvgIpc) is 3.27. The zero-order chi connectivity index (χ0) is 15.6. The van der Waals surface area contributed by atoms with Crippen LogP contribution < -0.4 is 5.32 Å². The molecular weight excluding hydrogens is 310 g/mol. The van der Waals surface area contributed by atoms with Crippen LogP contribution in [0.2, 0.25) is 0 Å². The Bertz CT molecular complexity index is 820. The second-order valence-electron chi connectivity index (χ2n) is 5.86. The monoisotopic (exact) mass is 327 g/mol. The molecule has 0 saturated heterocycles. The zero-order valence-electron chi connectivity index (χ0n) is 12.6. The summed E-state index contributed by atoms with van der Waals surface area (Å²) < 4.78 is 1.68. The predicted molar refractivity (Wildman–Crippen MR) is 89.3 cm³/mol. The van der Waals surface area contributed by atoms with E-state index in [2.05, 4.69) is 20.4 Å². The average molecular weight is 327 g/mol. The van der Waals surface area contributed by atoms with Gasteiger partial charge >= 0.3 is 0 Å². The van der Waals surface area contributed by atoms with Gasteiger partial charge in [-0.15, -0.1) is 16.4 Å². The van der Waals surface area contributed by atoms with Crippen LogP contribution in [0.3, 0.4) is 0 Å². The van der Waals surface area contributed by atoms with E-state index in [0.717, 1.165) is 23.4 Å². The van der Waals surface area contributed by atoms with E-state index in [1.54, 1.807) is 22.0 Å². The lowest BCUT2D eigenvalue weighted by Crippen LogP contribution is -2.16. The quantitative estimate of drug-likeness (QED) is 0.797. The molecule has 23 heavy (non-hydrogen) atoms. The first-order valence-corrected chi connectivity index (χ1v) is 8.73. The lowest BCUT2D eigenvalue weighted by atomic mass is 10.0. The summed E-state index contributed by atoms with van der Waals surface area (Å²) in [6.45, 7) is 0. The highest BCUT2D eigenvalue weighted by Crippen LogP contribution is 2.28. The normalized spacial score (nSPS) is 15.3. The van der Waals surface area contributed by atoms with Gasteiger partial charge in [0.2, 0.25) is 5.91 Å². The number of nitrogens with zero attached hydrogens (tertiary/aromatic N) is 4. The molecule has 3 aromatic heterocycles. The molecule has 3 heterocycles. The number of hydrogen-bond acceptors (Lipinski definition) is 5. The first-order valence-electron chi connectivity index (χ1n) is 7.85. The summed E-state index contributed by atoms with van der Waals surface area (Å²) in [5, 5.41) is 9.23. The zero-order valence-corrected chi connectivity index (χ0v) is 13.4. The van der Waals surface area contributed by atoms with Crippen LogP contribution in [0.15, 0.2) is 29.8 Å². The van der Waals surface area contributed by atoms with Crippen LogP contribution in [-0.4, -0.2) is 25.5 Å². The number of anilines is 1. The Morgan fingerprint density at radius 3 is 3.00 bits per heavy atom. The van der Waals surface area contributed by atoms with Gasteiger partial charge in [0.05, 0.1) is 10.6 Å². The number of hydrogen-bond donors (Lipinski definition) is 1. The minimum absolute atomic E-state index is 0.00882. The third kappa shape index (κ3) is 2.96. The molecule has 1 N–H and O–H groups in total. The highest BCUT2D eigenvalue weighted by atomic mass is 32.1. The fraction of sp³-hybridized carbons (Fsp3) is 0.375. The largest absolute Gasteiger partial charge is 0.293 e. The first kappa shape index (κ1) is 14.3. The molecular formula is C16H17N5OS. The van der Waals surface area contributed by atoms with Crippen LogP contribution in [0.5, 0.6) is 0 Å². The molecule has 1 amide bonds. The van der Waals surface area contributed by atoms with Crippen LogP contribution >= 0.6 is 11.3 Å². The Morgan fingerprint density at radius 2 is 2.22 bits per heavy atom. The van der Waals surface area contributed by atoms with Crippen molar-refractivity contribution in [1.29, 1.82) is 0 Å². The first-order chi connectivity index (χ1) is 11.3. The molecule has 7 heteroatoms. The molecule has 1 aliphatic rings. The van der Waals surface area contributed by atoms with Crippen molar-refractivity contribution in [2.45, 2.75) is 32.1 Å². The van der Waals surface area contributed by atoms with Gasteiger partial charge in [-0.3, -0.25) is 10.1 Å². The highest BCUT2D eigenvalue weighted by Gasteiger charge is 2.19. The molecule has 0 unspecified atom stereocenters. The van der Waals surface area contributed by atoms with Crippen LogP contribution in [-0.2, 0) is 4.79 Å². The van der Waals surface area contributed by atoms with Gasteiger partial charge in [0.25, 0.3) is 11.7 Å². The molecule has 1 saturated carbocycles. The van der Waals surface area contributed by atoms with Crippen LogP contribution in [0.25, 0.3) is 16.3 Å². The topological polar surface area (TPSA) is 72.2 Å². The molecule has 3 aromatic rings. The molecule has 1 fully saturated rings. The molecule has 0 bridgehead atoms. The van der Waals surface area contributed by atoms with E-state index in [-0.39, 0.29) is 5.91 Å². The van der Waals surface area contributed by atoms with Crippen molar-refractivity contribution in [2.75, 3.05) is 5.32 Å². The Kier molecular flexibility index (Phi) is 3.78. The SMILES string of the molecule is O=C(CC1CCCC1)Nc1nc2nccc(-c3cccs3)n2n1. The molecule has 0 aliphatic heterocycles. The van der Waals surface area contributed by atoms with Crippen molar-refractivity contribution in [3.63, 3.8) is 0 Å². The second-order valence-corrected chi connectivity index (χ2v) is 6.81. The summed E-state index contributed by atoms with van der Waals surface area (Å²) in [6, 6.07) is 5.92. The number of carbonyl (C=O) groups excluding carboxylic acids is 1. The Morgan fingerprint density at radius 1 is 1.35 bits per heavy atom. The lowest BCUT2D eigenvalue weighted by molar-refractivity contribution is -0.117. The van der Waals surface area contributed by atoms with Crippen molar-refractivity contribution >= 4 is 29.0 Å². The second kappa shape index (κ2) is 6.08. The molecule has 0 spiro atoms. The van der Waals surface area contributed by atoms with Crippen molar-refractivity contribution in [3.8, 4) is 10.6 Å². The number of fused-ring (bicyclic) bond motifs is 1. The van der Waals surface area contributed by atoms with E-state index >= 15 is 0 Å². The number of thiophene rings is 1. The molecule has 0 radical (unpaired) electrons. The molecule has 4 rings (SSSR count). The van der Waals surface area contributed by atoms with E-state index in [4.69, 9.17) is 0 Å². The minimum atomic E-state index is -0.00882. The van der Waals surface area contributed by atoms with E-state index in [1.807, 2.05) is 23.6 Å². The maximum atomic E-state index is 12.1. The van der Waals surface area contributed by atoms with Gasteiger partial charge in [0.1, 0.15) is 0 Å². The lowest BCUT2D eigenvalue weighted by Gasteiger charge is -2.06. The fourth-order valence-electron chi connectivity index (χ4n) is 3.11.